The van der Waals surface area contributed by atoms with Gasteiger partial charge in [-0.2, -0.15) is 0 Å². The van der Waals surface area contributed by atoms with Crippen molar-refractivity contribution >= 4 is 45.7 Å². The number of sulfone groups is 1. The first-order valence-electron chi connectivity index (χ1n) is 7.39. The van der Waals surface area contributed by atoms with Gasteiger partial charge in [0.2, 0.25) is 5.91 Å². The summed E-state index contributed by atoms with van der Waals surface area (Å²) < 4.78 is 22.9. The Morgan fingerprint density at radius 2 is 2.14 bits per heavy atom. The Labute approximate surface area is 149 Å². The summed E-state index contributed by atoms with van der Waals surface area (Å²) in [5.41, 5.74) is 0. The summed E-state index contributed by atoms with van der Waals surface area (Å²) in [6, 6.07) is 0. The first-order chi connectivity index (χ1) is 9.95. The van der Waals surface area contributed by atoms with E-state index in [-0.39, 0.29) is 47.3 Å². The van der Waals surface area contributed by atoms with Gasteiger partial charge < -0.3 is 15.1 Å². The maximum atomic E-state index is 11.9. The van der Waals surface area contributed by atoms with Crippen molar-refractivity contribution in [2.75, 3.05) is 51.3 Å². The lowest BCUT2D eigenvalue weighted by molar-refractivity contribution is -0.134. The SMILES string of the molecule is CCN1CCN(C(=NC)NCC2CCS(=O)(=O)C2)CC1=O.I. The molecule has 0 bridgehead atoms. The van der Waals surface area contributed by atoms with Crippen LogP contribution in [0.5, 0.6) is 0 Å². The monoisotopic (exact) mass is 444 g/mol. The minimum absolute atomic E-state index is 0. The Kier molecular flexibility index (Phi) is 7.36. The molecule has 0 radical (unpaired) electrons. The number of guanidine groups is 1. The van der Waals surface area contributed by atoms with Crippen LogP contribution in [-0.4, -0.2) is 81.4 Å². The fourth-order valence-electron chi connectivity index (χ4n) is 2.82. The van der Waals surface area contributed by atoms with Gasteiger partial charge in [-0.05, 0) is 19.3 Å². The normalized spacial score (nSPS) is 25.1. The zero-order chi connectivity index (χ0) is 15.5. The van der Waals surface area contributed by atoms with E-state index in [1.165, 1.54) is 0 Å². The highest BCUT2D eigenvalue weighted by Crippen LogP contribution is 2.17. The van der Waals surface area contributed by atoms with Crippen LogP contribution >= 0.6 is 24.0 Å². The van der Waals surface area contributed by atoms with Gasteiger partial charge in [0.05, 0.1) is 18.1 Å². The summed E-state index contributed by atoms with van der Waals surface area (Å²) >= 11 is 0. The van der Waals surface area contributed by atoms with E-state index in [4.69, 9.17) is 0 Å². The summed E-state index contributed by atoms with van der Waals surface area (Å²) in [5.74, 6) is 1.46. The molecule has 7 nitrogen and oxygen atoms in total. The van der Waals surface area contributed by atoms with Gasteiger partial charge in [-0.25, -0.2) is 8.42 Å². The molecule has 1 N–H and O–H groups in total. The quantitative estimate of drug-likeness (QED) is 0.370. The number of halogens is 1. The standard InChI is InChI=1S/C13H24N4O3S.HI/c1-3-16-5-6-17(9-12(16)18)13(14-2)15-8-11-4-7-21(19,20)10-11;/h11H,3-10H2,1-2H3,(H,14,15);1H. The molecule has 2 saturated heterocycles. The molecule has 1 unspecified atom stereocenters. The van der Waals surface area contributed by atoms with E-state index in [2.05, 4.69) is 10.3 Å². The van der Waals surface area contributed by atoms with Gasteiger partial charge in [0.25, 0.3) is 0 Å². The molecule has 0 aromatic heterocycles. The Morgan fingerprint density at radius 1 is 1.41 bits per heavy atom. The molecule has 2 aliphatic rings. The third-order valence-corrected chi connectivity index (χ3v) is 5.92. The fraction of sp³-hybridized carbons (Fsp3) is 0.846. The third kappa shape index (κ3) is 4.97. The van der Waals surface area contributed by atoms with Crippen molar-refractivity contribution in [3.05, 3.63) is 0 Å². The number of amides is 1. The fourth-order valence-corrected chi connectivity index (χ4v) is 4.69. The Hall–Kier alpha value is -0.580. The maximum absolute atomic E-state index is 11.9. The molecule has 0 aliphatic carbocycles. The number of nitrogens with one attached hydrogen (secondary N) is 1. The van der Waals surface area contributed by atoms with E-state index in [0.717, 1.165) is 13.1 Å². The molecular weight excluding hydrogens is 419 g/mol. The molecule has 2 aliphatic heterocycles. The number of hydrogen-bond acceptors (Lipinski definition) is 4. The Bertz CT molecular complexity index is 523. The lowest BCUT2D eigenvalue weighted by atomic mass is 10.1. The van der Waals surface area contributed by atoms with Crippen molar-refractivity contribution in [2.45, 2.75) is 13.3 Å². The number of nitrogens with zero attached hydrogens (tertiary/aromatic N) is 3. The zero-order valence-corrected chi connectivity index (χ0v) is 16.3. The summed E-state index contributed by atoms with van der Waals surface area (Å²) in [4.78, 5) is 19.9. The van der Waals surface area contributed by atoms with Gasteiger partial charge in [0.1, 0.15) is 0 Å². The summed E-state index contributed by atoms with van der Waals surface area (Å²) in [6.07, 6.45) is 0.703. The van der Waals surface area contributed by atoms with Crippen LogP contribution < -0.4 is 5.32 Å². The van der Waals surface area contributed by atoms with E-state index in [1.807, 2.05) is 16.7 Å². The van der Waals surface area contributed by atoms with Crippen molar-refractivity contribution in [2.24, 2.45) is 10.9 Å². The van der Waals surface area contributed by atoms with Gasteiger partial charge in [-0.1, -0.05) is 0 Å². The number of likely N-dealkylation sites (N-methyl/N-ethyl adjacent to an activating group) is 1. The predicted molar refractivity (Wildman–Crippen MR) is 97.4 cm³/mol. The number of carbonyl (C=O) groups is 1. The largest absolute Gasteiger partial charge is 0.356 e. The van der Waals surface area contributed by atoms with E-state index < -0.39 is 9.84 Å². The molecule has 128 valence electrons. The lowest BCUT2D eigenvalue weighted by Crippen LogP contribution is -2.55. The van der Waals surface area contributed by atoms with Crippen molar-refractivity contribution < 1.29 is 13.2 Å². The molecule has 0 saturated carbocycles. The van der Waals surface area contributed by atoms with E-state index in [0.29, 0.717) is 32.0 Å². The predicted octanol–water partition coefficient (Wildman–Crippen LogP) is -0.221. The Balaban J connectivity index is 0.00000242. The smallest absolute Gasteiger partial charge is 0.242 e. The zero-order valence-electron chi connectivity index (χ0n) is 13.1. The van der Waals surface area contributed by atoms with Gasteiger partial charge >= 0.3 is 0 Å². The first kappa shape index (κ1) is 19.5. The van der Waals surface area contributed by atoms with E-state index >= 15 is 0 Å². The van der Waals surface area contributed by atoms with Crippen LogP contribution in [0.25, 0.3) is 0 Å². The highest BCUT2D eigenvalue weighted by Gasteiger charge is 2.29. The summed E-state index contributed by atoms with van der Waals surface area (Å²) in [6.45, 7) is 5.08. The van der Waals surface area contributed by atoms with Gasteiger partial charge in [-0.15, -0.1) is 24.0 Å². The molecule has 2 heterocycles. The maximum Gasteiger partial charge on any atom is 0.242 e. The molecule has 0 spiro atoms. The van der Waals surface area contributed by atoms with Gasteiger partial charge in [0.15, 0.2) is 15.8 Å². The lowest BCUT2D eigenvalue weighted by Gasteiger charge is -2.35. The van der Waals surface area contributed by atoms with Crippen LogP contribution in [0.2, 0.25) is 0 Å². The molecule has 0 aromatic rings. The van der Waals surface area contributed by atoms with Crippen molar-refractivity contribution in [1.29, 1.82) is 0 Å². The number of carbonyl (C=O) groups excluding carboxylic acids is 1. The number of piperazine rings is 1. The number of hydrogen-bond donors (Lipinski definition) is 1. The van der Waals surface area contributed by atoms with Gasteiger partial charge in [-0.3, -0.25) is 9.79 Å². The molecule has 1 atom stereocenters. The average Bonchev–Trinajstić information content (AvgIpc) is 2.79. The highest BCUT2D eigenvalue weighted by atomic mass is 127. The number of rotatable bonds is 3. The second kappa shape index (κ2) is 8.32. The topological polar surface area (TPSA) is 82.1 Å². The van der Waals surface area contributed by atoms with E-state index in [9.17, 15) is 13.2 Å². The van der Waals surface area contributed by atoms with Crippen molar-refractivity contribution in [3.63, 3.8) is 0 Å². The van der Waals surface area contributed by atoms with Crippen LogP contribution in [0.15, 0.2) is 4.99 Å². The Morgan fingerprint density at radius 3 is 2.64 bits per heavy atom. The van der Waals surface area contributed by atoms with E-state index in [1.54, 1.807) is 7.05 Å². The molecule has 2 rings (SSSR count). The van der Waals surface area contributed by atoms with Crippen LogP contribution in [0.4, 0.5) is 0 Å². The molecule has 22 heavy (non-hydrogen) atoms. The van der Waals surface area contributed by atoms with Crippen LogP contribution in [-0.2, 0) is 14.6 Å². The van der Waals surface area contributed by atoms with Gasteiger partial charge in [0, 0.05) is 33.2 Å². The first-order valence-corrected chi connectivity index (χ1v) is 9.21. The molecular formula is C13H25IN4O3S. The van der Waals surface area contributed by atoms with Crippen LogP contribution in [0.3, 0.4) is 0 Å². The summed E-state index contributed by atoms with van der Waals surface area (Å²) in [7, 11) is -1.16. The highest BCUT2D eigenvalue weighted by molar-refractivity contribution is 14.0. The molecule has 9 heteroatoms. The molecule has 1 amide bonds. The van der Waals surface area contributed by atoms with Crippen molar-refractivity contribution in [3.8, 4) is 0 Å². The average molecular weight is 444 g/mol. The third-order valence-electron chi connectivity index (χ3n) is 4.09. The number of aliphatic imine (C=N–C) groups is 1. The second-order valence-electron chi connectivity index (χ2n) is 5.59. The molecule has 2 fully saturated rings. The van der Waals surface area contributed by atoms with Crippen molar-refractivity contribution in [1.82, 2.24) is 15.1 Å². The minimum atomic E-state index is -2.85. The van der Waals surface area contributed by atoms with Crippen LogP contribution in [0, 0.1) is 5.92 Å². The minimum Gasteiger partial charge on any atom is -0.356 e. The summed E-state index contributed by atoms with van der Waals surface area (Å²) in [5, 5.41) is 3.21. The second-order valence-corrected chi connectivity index (χ2v) is 7.82. The van der Waals surface area contributed by atoms with Crippen LogP contribution in [0.1, 0.15) is 13.3 Å². The molecule has 0 aromatic carbocycles.